The SMILES string of the molecule is COc1ccc(OCC(C)NC(=O)CN(c2ccc(C)cc2C)S(C)(=O)=O)cc1. The van der Waals surface area contributed by atoms with Gasteiger partial charge in [-0.15, -0.1) is 0 Å². The van der Waals surface area contributed by atoms with E-state index in [2.05, 4.69) is 5.32 Å². The minimum absolute atomic E-state index is 0.250. The van der Waals surface area contributed by atoms with E-state index in [9.17, 15) is 13.2 Å². The maximum Gasteiger partial charge on any atom is 0.241 e. The minimum atomic E-state index is -3.62. The highest BCUT2D eigenvalue weighted by Crippen LogP contribution is 2.23. The molecule has 0 spiro atoms. The standard InChI is InChI=1S/C21H28N2O5S/c1-15-6-11-20(16(2)12-15)23(29(5,25)26)13-21(24)22-17(3)14-28-19-9-7-18(27-4)8-10-19/h6-12,17H,13-14H2,1-5H3,(H,22,24). The van der Waals surface area contributed by atoms with Crippen LogP contribution in [-0.4, -0.2) is 46.9 Å². The van der Waals surface area contributed by atoms with Crippen LogP contribution in [0.4, 0.5) is 5.69 Å². The van der Waals surface area contributed by atoms with E-state index in [0.29, 0.717) is 11.4 Å². The predicted molar refractivity (Wildman–Crippen MR) is 114 cm³/mol. The summed E-state index contributed by atoms with van der Waals surface area (Å²) in [6.07, 6.45) is 1.09. The van der Waals surface area contributed by atoms with Crippen LogP contribution in [0.15, 0.2) is 42.5 Å². The first kappa shape index (κ1) is 22.5. The lowest BCUT2D eigenvalue weighted by atomic mass is 10.1. The van der Waals surface area contributed by atoms with Crippen LogP contribution in [0.25, 0.3) is 0 Å². The first-order valence-electron chi connectivity index (χ1n) is 9.21. The fourth-order valence-corrected chi connectivity index (χ4v) is 3.77. The molecule has 0 aliphatic heterocycles. The van der Waals surface area contributed by atoms with Crippen molar-refractivity contribution in [1.29, 1.82) is 0 Å². The molecule has 1 atom stereocenters. The van der Waals surface area contributed by atoms with Crippen molar-refractivity contribution in [3.05, 3.63) is 53.6 Å². The van der Waals surface area contributed by atoms with E-state index in [1.807, 2.05) is 26.0 Å². The molecule has 0 aliphatic rings. The molecule has 0 heterocycles. The molecule has 0 saturated carbocycles. The second-order valence-corrected chi connectivity index (χ2v) is 8.92. The Morgan fingerprint density at radius 2 is 1.72 bits per heavy atom. The maximum atomic E-state index is 12.5. The van der Waals surface area contributed by atoms with Gasteiger partial charge < -0.3 is 14.8 Å². The lowest BCUT2D eigenvalue weighted by molar-refractivity contribution is -0.120. The van der Waals surface area contributed by atoms with Crippen LogP contribution < -0.4 is 19.1 Å². The zero-order chi connectivity index (χ0) is 21.6. The summed E-state index contributed by atoms with van der Waals surface area (Å²) in [5.41, 5.74) is 2.31. The number of hydrogen-bond acceptors (Lipinski definition) is 5. The molecular formula is C21H28N2O5S. The van der Waals surface area contributed by atoms with Crippen molar-refractivity contribution in [2.24, 2.45) is 0 Å². The van der Waals surface area contributed by atoms with Crippen LogP contribution in [0.1, 0.15) is 18.1 Å². The van der Waals surface area contributed by atoms with E-state index in [1.165, 1.54) is 0 Å². The molecule has 0 aromatic heterocycles. The van der Waals surface area contributed by atoms with Gasteiger partial charge in [0.05, 0.1) is 25.1 Å². The second kappa shape index (κ2) is 9.65. The summed E-state index contributed by atoms with van der Waals surface area (Å²) in [6, 6.07) is 12.2. The Balaban J connectivity index is 1.98. The molecule has 2 aromatic carbocycles. The molecule has 29 heavy (non-hydrogen) atoms. The van der Waals surface area contributed by atoms with E-state index in [-0.39, 0.29) is 19.2 Å². The third kappa shape index (κ3) is 6.67. The van der Waals surface area contributed by atoms with Gasteiger partial charge in [-0.25, -0.2) is 8.42 Å². The number of nitrogens with zero attached hydrogens (tertiary/aromatic N) is 1. The molecule has 2 rings (SSSR count). The van der Waals surface area contributed by atoms with Gasteiger partial charge in [-0.2, -0.15) is 0 Å². The summed E-state index contributed by atoms with van der Waals surface area (Å²) in [4.78, 5) is 12.5. The summed E-state index contributed by atoms with van der Waals surface area (Å²) >= 11 is 0. The number of carbonyl (C=O) groups is 1. The number of nitrogens with one attached hydrogen (secondary N) is 1. The number of aryl methyl sites for hydroxylation is 2. The number of ether oxygens (including phenoxy) is 2. The Morgan fingerprint density at radius 3 is 2.28 bits per heavy atom. The Bertz CT molecular complexity index is 942. The Morgan fingerprint density at radius 1 is 1.10 bits per heavy atom. The molecule has 1 amide bonds. The van der Waals surface area contributed by atoms with Crippen LogP contribution in [-0.2, 0) is 14.8 Å². The van der Waals surface area contributed by atoms with Gasteiger partial charge in [-0.05, 0) is 56.7 Å². The van der Waals surface area contributed by atoms with Gasteiger partial charge in [0.1, 0.15) is 24.7 Å². The average molecular weight is 421 g/mol. The van der Waals surface area contributed by atoms with E-state index >= 15 is 0 Å². The molecule has 0 saturated heterocycles. The number of methoxy groups -OCH3 is 1. The molecule has 7 nitrogen and oxygen atoms in total. The van der Waals surface area contributed by atoms with Crippen LogP contribution in [0, 0.1) is 13.8 Å². The van der Waals surface area contributed by atoms with Crippen molar-refractivity contribution in [3.8, 4) is 11.5 Å². The van der Waals surface area contributed by atoms with E-state index in [4.69, 9.17) is 9.47 Å². The second-order valence-electron chi connectivity index (χ2n) is 7.01. The van der Waals surface area contributed by atoms with Crippen LogP contribution in [0.3, 0.4) is 0 Å². The third-order valence-corrected chi connectivity index (χ3v) is 5.40. The molecular weight excluding hydrogens is 392 g/mol. The van der Waals surface area contributed by atoms with Crippen molar-refractivity contribution in [3.63, 3.8) is 0 Å². The molecule has 1 N–H and O–H groups in total. The number of amides is 1. The highest BCUT2D eigenvalue weighted by atomic mass is 32.2. The fourth-order valence-electron chi connectivity index (χ4n) is 2.85. The monoisotopic (exact) mass is 420 g/mol. The maximum absolute atomic E-state index is 12.5. The lowest BCUT2D eigenvalue weighted by Crippen LogP contribution is -2.45. The molecule has 8 heteroatoms. The van der Waals surface area contributed by atoms with Gasteiger partial charge in [-0.3, -0.25) is 9.10 Å². The van der Waals surface area contributed by atoms with E-state index < -0.39 is 15.9 Å². The highest BCUT2D eigenvalue weighted by Gasteiger charge is 2.23. The molecule has 0 fully saturated rings. The van der Waals surface area contributed by atoms with Gasteiger partial charge in [0.25, 0.3) is 0 Å². The van der Waals surface area contributed by atoms with Crippen molar-refractivity contribution in [1.82, 2.24) is 5.32 Å². The number of rotatable bonds is 9. The Labute approximate surface area is 172 Å². The number of sulfonamides is 1. The van der Waals surface area contributed by atoms with Gasteiger partial charge in [0.15, 0.2) is 0 Å². The van der Waals surface area contributed by atoms with Crippen molar-refractivity contribution in [2.75, 3.05) is 30.8 Å². The number of carbonyl (C=O) groups excluding carboxylic acids is 1. The molecule has 1 unspecified atom stereocenters. The molecule has 2 aromatic rings. The summed E-state index contributed by atoms with van der Waals surface area (Å²) in [6.45, 7) is 5.50. The van der Waals surface area contributed by atoms with Gasteiger partial charge in [0, 0.05) is 0 Å². The Kier molecular flexibility index (Phi) is 7.50. The molecule has 158 valence electrons. The van der Waals surface area contributed by atoms with Gasteiger partial charge >= 0.3 is 0 Å². The van der Waals surface area contributed by atoms with E-state index in [0.717, 1.165) is 27.4 Å². The summed E-state index contributed by atoms with van der Waals surface area (Å²) in [5, 5.41) is 2.78. The van der Waals surface area contributed by atoms with Crippen molar-refractivity contribution in [2.45, 2.75) is 26.8 Å². The van der Waals surface area contributed by atoms with Crippen LogP contribution in [0.2, 0.25) is 0 Å². The van der Waals surface area contributed by atoms with Crippen molar-refractivity contribution >= 4 is 21.6 Å². The summed E-state index contributed by atoms with van der Waals surface area (Å²) in [5.74, 6) is 0.979. The zero-order valence-corrected chi connectivity index (χ0v) is 18.2. The molecule has 0 radical (unpaired) electrons. The molecule has 0 bridgehead atoms. The number of anilines is 1. The Hall–Kier alpha value is -2.74. The fraction of sp³-hybridized carbons (Fsp3) is 0.381. The zero-order valence-electron chi connectivity index (χ0n) is 17.4. The van der Waals surface area contributed by atoms with Gasteiger partial charge in [0.2, 0.25) is 15.9 Å². The predicted octanol–water partition coefficient (Wildman–Crippen LogP) is 2.66. The smallest absolute Gasteiger partial charge is 0.241 e. The highest BCUT2D eigenvalue weighted by molar-refractivity contribution is 7.92. The van der Waals surface area contributed by atoms with Crippen molar-refractivity contribution < 1.29 is 22.7 Å². The first-order chi connectivity index (χ1) is 13.6. The topological polar surface area (TPSA) is 84.9 Å². The number of benzene rings is 2. The quantitative estimate of drug-likeness (QED) is 0.674. The van der Waals surface area contributed by atoms with Gasteiger partial charge in [-0.1, -0.05) is 17.7 Å². The largest absolute Gasteiger partial charge is 0.497 e. The lowest BCUT2D eigenvalue weighted by Gasteiger charge is -2.25. The average Bonchev–Trinajstić information content (AvgIpc) is 2.64. The molecule has 0 aliphatic carbocycles. The van der Waals surface area contributed by atoms with Crippen LogP contribution in [0.5, 0.6) is 11.5 Å². The summed E-state index contributed by atoms with van der Waals surface area (Å²) < 4.78 is 36.4. The minimum Gasteiger partial charge on any atom is -0.497 e. The number of hydrogen-bond donors (Lipinski definition) is 1. The van der Waals surface area contributed by atoms with E-state index in [1.54, 1.807) is 44.4 Å². The third-order valence-electron chi connectivity index (χ3n) is 4.28. The first-order valence-corrected chi connectivity index (χ1v) is 11.1. The normalized spacial score (nSPS) is 12.2. The summed E-state index contributed by atoms with van der Waals surface area (Å²) in [7, 11) is -2.03. The van der Waals surface area contributed by atoms with Crippen LogP contribution >= 0.6 is 0 Å².